The highest BCUT2D eigenvalue weighted by Gasteiger charge is 2.05. The second kappa shape index (κ2) is 4.70. The van der Waals surface area contributed by atoms with Crippen molar-refractivity contribution < 1.29 is 0 Å². The summed E-state index contributed by atoms with van der Waals surface area (Å²) < 4.78 is 1.09. The highest BCUT2D eigenvalue weighted by molar-refractivity contribution is 7.17. The third-order valence-electron chi connectivity index (χ3n) is 2.78. The largest absolute Gasteiger partial charge is 0.363 e. The van der Waals surface area contributed by atoms with Crippen LogP contribution in [0.25, 0.3) is 10.2 Å². The summed E-state index contributed by atoms with van der Waals surface area (Å²) in [7, 11) is 0. The summed E-state index contributed by atoms with van der Waals surface area (Å²) in [6.07, 6.45) is 3.40. The van der Waals surface area contributed by atoms with Crippen LogP contribution < -0.4 is 5.32 Å². The van der Waals surface area contributed by atoms with Crippen LogP contribution in [0, 0.1) is 6.92 Å². The molecule has 0 spiro atoms. The Morgan fingerprint density at radius 2 is 2.17 bits per heavy atom. The fourth-order valence-corrected chi connectivity index (χ4v) is 2.60. The number of rotatable bonds is 3. The van der Waals surface area contributed by atoms with Gasteiger partial charge in [0.05, 0.1) is 22.5 Å². The Kier molecular flexibility index (Phi) is 2.90. The van der Waals surface area contributed by atoms with Gasteiger partial charge in [0.15, 0.2) is 0 Å². The molecule has 4 nitrogen and oxygen atoms in total. The maximum Gasteiger partial charge on any atom is 0.147 e. The van der Waals surface area contributed by atoms with Gasteiger partial charge in [0, 0.05) is 6.20 Å². The van der Waals surface area contributed by atoms with Crippen molar-refractivity contribution in [2.75, 3.05) is 5.32 Å². The molecule has 0 saturated heterocycles. The molecule has 3 aromatic rings. The van der Waals surface area contributed by atoms with Crippen LogP contribution in [0.1, 0.15) is 11.3 Å². The molecule has 3 heterocycles. The highest BCUT2D eigenvalue weighted by Crippen LogP contribution is 2.25. The molecule has 0 aromatic carbocycles. The van der Waals surface area contributed by atoms with E-state index in [1.165, 1.54) is 5.56 Å². The summed E-state index contributed by atoms with van der Waals surface area (Å²) in [4.78, 5) is 12.9. The first-order valence-electron chi connectivity index (χ1n) is 5.67. The summed E-state index contributed by atoms with van der Waals surface area (Å²) in [5, 5.41) is 5.35. The lowest BCUT2D eigenvalue weighted by atomic mass is 10.2. The topological polar surface area (TPSA) is 50.7 Å². The molecule has 0 bridgehead atoms. The fourth-order valence-electron chi connectivity index (χ4n) is 1.79. The Bertz CT molecular complexity index is 677. The van der Waals surface area contributed by atoms with Crippen LogP contribution in [0.5, 0.6) is 0 Å². The van der Waals surface area contributed by atoms with Gasteiger partial charge in [-0.25, -0.2) is 9.97 Å². The van der Waals surface area contributed by atoms with Crippen molar-refractivity contribution in [3.05, 3.63) is 47.4 Å². The van der Waals surface area contributed by atoms with E-state index in [1.807, 2.05) is 23.7 Å². The van der Waals surface area contributed by atoms with Gasteiger partial charge < -0.3 is 5.32 Å². The maximum atomic E-state index is 4.36. The second-order valence-corrected chi connectivity index (χ2v) is 4.89. The molecule has 0 aliphatic carbocycles. The number of hydrogen-bond donors (Lipinski definition) is 1. The van der Waals surface area contributed by atoms with E-state index in [2.05, 4.69) is 33.3 Å². The van der Waals surface area contributed by atoms with Gasteiger partial charge in [-0.3, -0.25) is 4.98 Å². The Balaban J connectivity index is 1.85. The molecule has 0 amide bonds. The number of aryl methyl sites for hydroxylation is 1. The minimum atomic E-state index is 0.677. The lowest BCUT2D eigenvalue weighted by molar-refractivity contribution is 1.01. The Labute approximate surface area is 109 Å². The molecule has 90 valence electrons. The summed E-state index contributed by atoms with van der Waals surface area (Å²) >= 11 is 1.65. The standard InChI is InChI=1S/C13H12N4S/c1-9-3-2-5-14-11(9)7-15-13-12-10(4-6-18-12)16-8-17-13/h2-6,8H,7H2,1H3,(H,15,16,17). The first kappa shape index (κ1) is 11.1. The lowest BCUT2D eigenvalue weighted by Crippen LogP contribution is -2.05. The Morgan fingerprint density at radius 3 is 3.06 bits per heavy atom. The molecule has 0 unspecified atom stereocenters. The number of nitrogens with one attached hydrogen (secondary N) is 1. The van der Waals surface area contributed by atoms with E-state index in [0.29, 0.717) is 6.54 Å². The molecule has 0 fully saturated rings. The van der Waals surface area contributed by atoms with Gasteiger partial charge >= 0.3 is 0 Å². The average Bonchev–Trinajstić information content (AvgIpc) is 2.86. The van der Waals surface area contributed by atoms with E-state index in [0.717, 1.165) is 21.7 Å². The van der Waals surface area contributed by atoms with Crippen LogP contribution in [-0.2, 0) is 6.54 Å². The van der Waals surface area contributed by atoms with Crippen molar-refractivity contribution in [3.8, 4) is 0 Å². The van der Waals surface area contributed by atoms with Crippen LogP contribution in [0.2, 0.25) is 0 Å². The summed E-state index contributed by atoms with van der Waals surface area (Å²) in [6, 6.07) is 6.00. The predicted molar refractivity (Wildman–Crippen MR) is 73.7 cm³/mol. The van der Waals surface area contributed by atoms with Gasteiger partial charge in [-0.15, -0.1) is 11.3 Å². The van der Waals surface area contributed by atoms with Gasteiger partial charge in [0.1, 0.15) is 12.1 Å². The zero-order valence-corrected chi connectivity index (χ0v) is 10.7. The van der Waals surface area contributed by atoms with E-state index in [1.54, 1.807) is 17.7 Å². The number of pyridine rings is 1. The first-order valence-corrected chi connectivity index (χ1v) is 6.55. The average molecular weight is 256 g/mol. The van der Waals surface area contributed by atoms with Crippen molar-refractivity contribution in [3.63, 3.8) is 0 Å². The molecule has 0 radical (unpaired) electrons. The minimum Gasteiger partial charge on any atom is -0.363 e. The SMILES string of the molecule is Cc1cccnc1CNc1ncnc2ccsc12. The van der Waals surface area contributed by atoms with Crippen molar-refractivity contribution >= 4 is 27.4 Å². The molecule has 5 heteroatoms. The lowest BCUT2D eigenvalue weighted by Gasteiger charge is -2.07. The number of aromatic nitrogens is 3. The molecule has 0 saturated carbocycles. The molecular formula is C13H12N4S. The fraction of sp³-hybridized carbons (Fsp3) is 0.154. The van der Waals surface area contributed by atoms with Crippen LogP contribution in [0.15, 0.2) is 36.1 Å². The molecule has 0 atom stereocenters. The van der Waals surface area contributed by atoms with Crippen LogP contribution in [0.4, 0.5) is 5.82 Å². The van der Waals surface area contributed by atoms with E-state index in [9.17, 15) is 0 Å². The van der Waals surface area contributed by atoms with Crippen molar-refractivity contribution in [1.29, 1.82) is 0 Å². The zero-order valence-electron chi connectivity index (χ0n) is 9.92. The number of nitrogens with zero attached hydrogens (tertiary/aromatic N) is 3. The number of anilines is 1. The van der Waals surface area contributed by atoms with Gasteiger partial charge in [-0.1, -0.05) is 6.07 Å². The number of fused-ring (bicyclic) bond motifs is 1. The van der Waals surface area contributed by atoms with Crippen LogP contribution in [-0.4, -0.2) is 15.0 Å². The predicted octanol–water partition coefficient (Wildman–Crippen LogP) is 3.01. The van der Waals surface area contributed by atoms with Gasteiger partial charge in [0.25, 0.3) is 0 Å². The van der Waals surface area contributed by atoms with E-state index in [-0.39, 0.29) is 0 Å². The molecule has 0 aliphatic rings. The summed E-state index contributed by atoms with van der Waals surface area (Å²) in [5.41, 5.74) is 3.21. The maximum absolute atomic E-state index is 4.36. The molecule has 1 N–H and O–H groups in total. The third-order valence-corrected chi connectivity index (χ3v) is 3.69. The van der Waals surface area contributed by atoms with Crippen molar-refractivity contribution in [2.45, 2.75) is 13.5 Å². The minimum absolute atomic E-state index is 0.677. The molecule has 3 rings (SSSR count). The third kappa shape index (κ3) is 2.04. The first-order chi connectivity index (χ1) is 8.84. The smallest absolute Gasteiger partial charge is 0.147 e. The van der Waals surface area contributed by atoms with E-state index >= 15 is 0 Å². The van der Waals surface area contributed by atoms with Crippen LogP contribution in [0.3, 0.4) is 0 Å². The van der Waals surface area contributed by atoms with Crippen molar-refractivity contribution in [1.82, 2.24) is 15.0 Å². The molecule has 3 aromatic heterocycles. The normalized spacial score (nSPS) is 10.7. The summed E-state index contributed by atoms with van der Waals surface area (Å²) in [6.45, 7) is 2.74. The Hall–Kier alpha value is -2.01. The zero-order chi connectivity index (χ0) is 12.4. The van der Waals surface area contributed by atoms with Crippen molar-refractivity contribution in [2.24, 2.45) is 0 Å². The van der Waals surface area contributed by atoms with Gasteiger partial charge in [-0.2, -0.15) is 0 Å². The van der Waals surface area contributed by atoms with E-state index in [4.69, 9.17) is 0 Å². The molecular weight excluding hydrogens is 244 g/mol. The monoisotopic (exact) mass is 256 g/mol. The van der Waals surface area contributed by atoms with Gasteiger partial charge in [-0.05, 0) is 30.0 Å². The quantitative estimate of drug-likeness (QED) is 0.782. The summed E-state index contributed by atoms with van der Waals surface area (Å²) in [5.74, 6) is 0.875. The van der Waals surface area contributed by atoms with Crippen LogP contribution >= 0.6 is 11.3 Å². The molecule has 18 heavy (non-hydrogen) atoms. The number of thiophene rings is 1. The highest BCUT2D eigenvalue weighted by atomic mass is 32.1. The number of hydrogen-bond acceptors (Lipinski definition) is 5. The van der Waals surface area contributed by atoms with Gasteiger partial charge in [0.2, 0.25) is 0 Å². The molecule has 0 aliphatic heterocycles. The Morgan fingerprint density at radius 1 is 1.22 bits per heavy atom. The second-order valence-electron chi connectivity index (χ2n) is 3.98. The van der Waals surface area contributed by atoms with E-state index < -0.39 is 0 Å².